The van der Waals surface area contributed by atoms with E-state index < -0.39 is 32.5 Å². The van der Waals surface area contributed by atoms with E-state index in [0.717, 1.165) is 128 Å². The van der Waals surface area contributed by atoms with Crippen LogP contribution in [0.2, 0.25) is 0 Å². The molecule has 0 aromatic heterocycles. The highest BCUT2D eigenvalue weighted by Gasteiger charge is 2.27. The van der Waals surface area contributed by atoms with Crippen LogP contribution in [0.15, 0.2) is 194 Å². The van der Waals surface area contributed by atoms with Gasteiger partial charge in [-0.15, -0.1) is 0 Å². The highest BCUT2D eigenvalue weighted by atomic mass is 31.2. The number of allylic oxidation sites excluding steroid dienone is 32. The van der Waals surface area contributed by atoms with Crippen molar-refractivity contribution in [2.24, 2.45) is 0 Å². The van der Waals surface area contributed by atoms with Crippen molar-refractivity contribution in [3.8, 4) is 0 Å². The van der Waals surface area contributed by atoms with Crippen molar-refractivity contribution in [2.45, 2.75) is 174 Å². The molecule has 0 saturated carbocycles. The maximum atomic E-state index is 12.8. The van der Waals surface area contributed by atoms with Gasteiger partial charge in [0, 0.05) is 12.8 Å². The maximum absolute atomic E-state index is 12.8. The van der Waals surface area contributed by atoms with Gasteiger partial charge < -0.3 is 18.9 Å². The number of unbranched alkanes of at least 4 members (excludes halogenated alkanes) is 4. The molecule has 434 valence electrons. The number of rotatable bonds is 50. The fourth-order valence-corrected chi connectivity index (χ4v) is 7.45. The molecule has 2 unspecified atom stereocenters. The Kier molecular flexibility index (Phi) is 52.8. The van der Waals surface area contributed by atoms with E-state index in [0.29, 0.717) is 23.9 Å². The number of quaternary nitrogens is 1. The maximum Gasteiger partial charge on any atom is 0.472 e. The Morgan fingerprint density at radius 1 is 0.397 bits per heavy atom. The average molecular weight is 1100 g/mol. The lowest BCUT2D eigenvalue weighted by atomic mass is 10.1. The van der Waals surface area contributed by atoms with Crippen LogP contribution in [-0.4, -0.2) is 74.9 Å². The Labute approximate surface area is 475 Å². The van der Waals surface area contributed by atoms with Gasteiger partial charge in [-0.2, -0.15) is 0 Å². The van der Waals surface area contributed by atoms with Crippen LogP contribution in [-0.2, 0) is 32.7 Å². The van der Waals surface area contributed by atoms with Crippen molar-refractivity contribution in [2.75, 3.05) is 47.5 Å². The minimum Gasteiger partial charge on any atom is -0.462 e. The lowest BCUT2D eigenvalue weighted by Crippen LogP contribution is -2.37. The summed E-state index contributed by atoms with van der Waals surface area (Å²) in [6, 6.07) is 0. The van der Waals surface area contributed by atoms with Crippen LogP contribution in [0.4, 0.5) is 0 Å². The fourth-order valence-electron chi connectivity index (χ4n) is 6.71. The summed E-state index contributed by atoms with van der Waals surface area (Å²) in [4.78, 5) is 35.6. The highest BCUT2D eigenvalue weighted by molar-refractivity contribution is 7.47. The molecule has 0 heterocycles. The monoisotopic (exact) mass is 1090 g/mol. The Morgan fingerprint density at radius 3 is 1.06 bits per heavy atom. The second-order valence-electron chi connectivity index (χ2n) is 19.6. The van der Waals surface area contributed by atoms with Gasteiger partial charge in [0.1, 0.15) is 19.8 Å². The van der Waals surface area contributed by atoms with E-state index in [-0.39, 0.29) is 26.1 Å². The van der Waals surface area contributed by atoms with E-state index in [1.165, 1.54) is 0 Å². The molecule has 0 rings (SSSR count). The predicted octanol–water partition coefficient (Wildman–Crippen LogP) is 18.6. The van der Waals surface area contributed by atoms with Crippen LogP contribution in [0, 0.1) is 0 Å². The Balaban J connectivity index is 4.36. The van der Waals surface area contributed by atoms with E-state index in [2.05, 4.69) is 196 Å². The molecule has 0 spiro atoms. The van der Waals surface area contributed by atoms with Gasteiger partial charge in [-0.25, -0.2) is 4.57 Å². The van der Waals surface area contributed by atoms with Gasteiger partial charge in [-0.1, -0.05) is 221 Å². The van der Waals surface area contributed by atoms with Crippen molar-refractivity contribution in [3.05, 3.63) is 194 Å². The van der Waals surface area contributed by atoms with E-state index in [1.807, 2.05) is 33.3 Å². The molecule has 0 saturated heterocycles. The zero-order valence-electron chi connectivity index (χ0n) is 49.1. The van der Waals surface area contributed by atoms with Gasteiger partial charge >= 0.3 is 19.8 Å². The molecule has 2 atom stereocenters. The molecule has 10 heteroatoms. The first-order valence-electron chi connectivity index (χ1n) is 29.2. The summed E-state index contributed by atoms with van der Waals surface area (Å²) in [5.41, 5.74) is 0. The van der Waals surface area contributed by atoms with Gasteiger partial charge in [-0.3, -0.25) is 18.6 Å². The summed E-state index contributed by atoms with van der Waals surface area (Å²) in [5.74, 6) is -0.946. The number of nitrogens with zero attached hydrogens (tertiary/aromatic N) is 1. The van der Waals surface area contributed by atoms with Crippen molar-refractivity contribution >= 4 is 19.8 Å². The summed E-state index contributed by atoms with van der Waals surface area (Å²) in [6.45, 7) is 4.04. The molecule has 0 amide bonds. The van der Waals surface area contributed by atoms with E-state index >= 15 is 0 Å². The normalized spacial score (nSPS) is 14.7. The number of hydrogen-bond acceptors (Lipinski definition) is 7. The molecule has 78 heavy (non-hydrogen) atoms. The lowest BCUT2D eigenvalue weighted by Gasteiger charge is -2.24. The Hall–Kier alpha value is -5.15. The van der Waals surface area contributed by atoms with Gasteiger partial charge in [0.2, 0.25) is 0 Å². The summed E-state index contributed by atoms with van der Waals surface area (Å²) in [5, 5.41) is 0. The second kappa shape index (κ2) is 56.6. The van der Waals surface area contributed by atoms with Crippen LogP contribution in [0.5, 0.6) is 0 Å². The molecule has 1 N–H and O–H groups in total. The van der Waals surface area contributed by atoms with Gasteiger partial charge in [0.05, 0.1) is 27.7 Å². The van der Waals surface area contributed by atoms with Crippen molar-refractivity contribution < 1.29 is 42.1 Å². The third-order valence-corrected chi connectivity index (χ3v) is 12.1. The van der Waals surface area contributed by atoms with E-state index in [9.17, 15) is 19.0 Å². The standard InChI is InChI=1S/C68H104NO8P/c1-6-8-10-12-14-16-18-20-22-24-26-27-28-29-30-31-32-33-34-35-36-37-38-39-40-41-43-45-47-49-51-53-55-57-59-61-68(71)77-66(65-76-78(72,73)75-63-62-69(3,4)5)64-74-67(70)60-58-56-54-52-50-48-46-44-42-25-23-21-19-17-15-13-11-9-7-2/h8-11,14-17,20-23,26-27,29-30,32-33,35-36,38-39,41-44,47-50,54,56,66H,6-7,12-13,18-19,24-25,28,31,34,37,40,45-46,51-53,55,57-65H2,1-5H3/p+1/b10-8-,11-9-,16-14-,17-15-,22-20-,23-21-,27-26-,30-29-,33-32-,36-35-,39-38-,43-41-,44-42-,49-47-,50-48-,56-54-. The molecule has 0 aliphatic heterocycles. The zero-order valence-corrected chi connectivity index (χ0v) is 49.9. The molecule has 0 aliphatic rings. The number of hydrogen-bond donors (Lipinski definition) is 1. The molecule has 9 nitrogen and oxygen atoms in total. The molecular formula is C68H105NO8P+. The zero-order chi connectivity index (χ0) is 57.0. The number of carbonyl (C=O) groups excluding carboxylic acids is 2. The van der Waals surface area contributed by atoms with Crippen LogP contribution in [0.3, 0.4) is 0 Å². The fraction of sp³-hybridized carbons (Fsp3) is 0.500. The van der Waals surface area contributed by atoms with Gasteiger partial charge in [-0.05, 0) is 128 Å². The summed E-state index contributed by atoms with van der Waals surface area (Å²) >= 11 is 0. The molecule has 0 aromatic carbocycles. The van der Waals surface area contributed by atoms with Crippen molar-refractivity contribution in [1.29, 1.82) is 0 Å². The quantitative estimate of drug-likeness (QED) is 0.0211. The molecule has 0 aliphatic carbocycles. The number of esters is 2. The first-order valence-corrected chi connectivity index (χ1v) is 30.7. The van der Waals surface area contributed by atoms with Crippen LogP contribution >= 0.6 is 7.82 Å². The molecular weight excluding hydrogens is 990 g/mol. The first kappa shape index (κ1) is 72.8. The number of carbonyl (C=O) groups is 2. The number of phosphoric ester groups is 1. The summed E-state index contributed by atoms with van der Waals surface area (Å²) in [7, 11) is 1.38. The number of ether oxygens (including phenoxy) is 2. The highest BCUT2D eigenvalue weighted by Crippen LogP contribution is 2.43. The van der Waals surface area contributed by atoms with Gasteiger partial charge in [0.15, 0.2) is 6.10 Å². The lowest BCUT2D eigenvalue weighted by molar-refractivity contribution is -0.870. The second-order valence-corrected chi connectivity index (χ2v) is 21.0. The molecule has 0 aromatic rings. The van der Waals surface area contributed by atoms with Crippen molar-refractivity contribution in [3.63, 3.8) is 0 Å². The number of likely N-dealkylation sites (N-methyl/N-ethyl adjacent to an activating group) is 1. The minimum absolute atomic E-state index is 0.00274. The minimum atomic E-state index is -4.43. The summed E-state index contributed by atoms with van der Waals surface area (Å²) in [6.07, 6.45) is 89.5. The Bertz CT molecular complexity index is 2010. The average Bonchev–Trinajstić information content (AvgIpc) is 3.41. The van der Waals surface area contributed by atoms with E-state index in [4.69, 9.17) is 18.5 Å². The smallest absolute Gasteiger partial charge is 0.462 e. The third-order valence-electron chi connectivity index (χ3n) is 11.1. The summed E-state index contributed by atoms with van der Waals surface area (Å²) < 4.78 is 34.4. The topological polar surface area (TPSA) is 108 Å². The first-order chi connectivity index (χ1) is 38.0. The molecule has 0 fully saturated rings. The molecule has 0 bridgehead atoms. The predicted molar refractivity (Wildman–Crippen MR) is 334 cm³/mol. The largest absolute Gasteiger partial charge is 0.472 e. The number of phosphoric acid groups is 1. The SMILES string of the molecule is CC/C=C\C/C=C\C/C=C\C/C=C\C/C=C\C/C=C\C/C=C\C/C=C\C/C=C\C/C=C\CCCCCCC(=O)OC(COC(=O)CC/C=C\C/C=C\C/C=C\C/C=C\C/C=C\C/C=C\CC)COP(=O)(O)OCC[N+](C)(C)C. The van der Waals surface area contributed by atoms with Crippen LogP contribution in [0.25, 0.3) is 0 Å². The van der Waals surface area contributed by atoms with Crippen LogP contribution < -0.4 is 0 Å². The molecule has 0 radical (unpaired) electrons. The third kappa shape index (κ3) is 60.1. The van der Waals surface area contributed by atoms with Crippen molar-refractivity contribution in [1.82, 2.24) is 0 Å². The van der Waals surface area contributed by atoms with Crippen LogP contribution in [0.1, 0.15) is 168 Å². The van der Waals surface area contributed by atoms with Gasteiger partial charge in [0.25, 0.3) is 0 Å². The van der Waals surface area contributed by atoms with E-state index in [1.54, 1.807) is 0 Å². The Morgan fingerprint density at radius 2 is 0.718 bits per heavy atom.